The standard InChI is InChI=1S/C15H21N3O/c1-16-14-9-3-7-12(17-14)15(19)18-10-4-6-11-5-2-8-13(11)18/h3,7,9,11,13H,2,4-6,8,10H2,1H3,(H,16,17). The van der Waals surface area contributed by atoms with E-state index >= 15 is 0 Å². The average Bonchev–Trinajstić information content (AvgIpc) is 2.95. The Labute approximate surface area is 114 Å². The molecule has 4 heteroatoms. The summed E-state index contributed by atoms with van der Waals surface area (Å²) < 4.78 is 0. The number of carbonyl (C=O) groups is 1. The van der Waals surface area contributed by atoms with Gasteiger partial charge in [0.2, 0.25) is 0 Å². The first kappa shape index (κ1) is 12.5. The zero-order valence-electron chi connectivity index (χ0n) is 11.4. The minimum Gasteiger partial charge on any atom is -0.373 e. The molecule has 1 aliphatic carbocycles. The molecule has 2 heterocycles. The van der Waals surface area contributed by atoms with E-state index in [1.807, 2.05) is 25.2 Å². The van der Waals surface area contributed by atoms with Gasteiger partial charge in [0.1, 0.15) is 11.5 Å². The van der Waals surface area contributed by atoms with E-state index in [1.54, 1.807) is 0 Å². The number of likely N-dealkylation sites (tertiary alicyclic amines) is 1. The molecule has 102 valence electrons. The van der Waals surface area contributed by atoms with Gasteiger partial charge in [0.25, 0.3) is 5.91 Å². The van der Waals surface area contributed by atoms with Gasteiger partial charge < -0.3 is 10.2 Å². The molecule has 2 aliphatic rings. The van der Waals surface area contributed by atoms with Crippen LogP contribution in [0, 0.1) is 5.92 Å². The molecule has 1 saturated heterocycles. The van der Waals surface area contributed by atoms with Crippen molar-refractivity contribution in [2.75, 3.05) is 18.9 Å². The predicted octanol–water partition coefficient (Wildman–Crippen LogP) is 2.53. The second kappa shape index (κ2) is 5.19. The summed E-state index contributed by atoms with van der Waals surface area (Å²) in [6.45, 7) is 0.894. The Bertz CT molecular complexity index is 474. The third-order valence-corrected chi connectivity index (χ3v) is 4.48. The normalized spacial score (nSPS) is 26.1. The molecule has 2 fully saturated rings. The van der Waals surface area contributed by atoms with E-state index in [0.29, 0.717) is 11.7 Å². The molecule has 0 radical (unpaired) electrons. The number of anilines is 1. The molecule has 1 aromatic heterocycles. The van der Waals surface area contributed by atoms with E-state index in [9.17, 15) is 4.79 Å². The maximum Gasteiger partial charge on any atom is 0.272 e. The lowest BCUT2D eigenvalue weighted by molar-refractivity contribution is 0.0542. The lowest BCUT2D eigenvalue weighted by Crippen LogP contribution is -2.46. The van der Waals surface area contributed by atoms with Crippen molar-refractivity contribution in [2.24, 2.45) is 5.92 Å². The zero-order valence-corrected chi connectivity index (χ0v) is 11.4. The number of fused-ring (bicyclic) bond motifs is 1. The number of nitrogens with zero attached hydrogens (tertiary/aromatic N) is 2. The topological polar surface area (TPSA) is 45.2 Å². The first-order valence-corrected chi connectivity index (χ1v) is 7.25. The number of hydrogen-bond donors (Lipinski definition) is 1. The van der Waals surface area contributed by atoms with Crippen LogP contribution in [0.15, 0.2) is 18.2 Å². The molecule has 2 unspecified atom stereocenters. The fourth-order valence-corrected chi connectivity index (χ4v) is 3.55. The number of nitrogens with one attached hydrogen (secondary N) is 1. The third-order valence-electron chi connectivity index (χ3n) is 4.48. The largest absolute Gasteiger partial charge is 0.373 e. The van der Waals surface area contributed by atoms with Gasteiger partial charge >= 0.3 is 0 Å². The molecule has 0 bridgehead atoms. The maximum absolute atomic E-state index is 12.6. The molecule has 1 saturated carbocycles. The predicted molar refractivity (Wildman–Crippen MR) is 75.2 cm³/mol. The fraction of sp³-hybridized carbons (Fsp3) is 0.600. The van der Waals surface area contributed by atoms with Gasteiger partial charge in [-0.1, -0.05) is 12.5 Å². The van der Waals surface area contributed by atoms with Crippen LogP contribution in [0.3, 0.4) is 0 Å². The Hall–Kier alpha value is -1.58. The van der Waals surface area contributed by atoms with Crippen LogP contribution in [0.2, 0.25) is 0 Å². The second-order valence-electron chi connectivity index (χ2n) is 5.56. The summed E-state index contributed by atoms with van der Waals surface area (Å²) in [5.41, 5.74) is 0.569. The molecular formula is C15H21N3O. The van der Waals surface area contributed by atoms with Gasteiger partial charge in [0.15, 0.2) is 0 Å². The van der Waals surface area contributed by atoms with Crippen LogP contribution < -0.4 is 5.32 Å². The van der Waals surface area contributed by atoms with E-state index in [0.717, 1.165) is 24.7 Å². The number of aromatic nitrogens is 1. The van der Waals surface area contributed by atoms with Crippen molar-refractivity contribution in [3.63, 3.8) is 0 Å². The van der Waals surface area contributed by atoms with Gasteiger partial charge in [0, 0.05) is 19.6 Å². The van der Waals surface area contributed by atoms with Gasteiger partial charge in [-0.2, -0.15) is 0 Å². The highest BCUT2D eigenvalue weighted by Crippen LogP contribution is 2.37. The summed E-state index contributed by atoms with van der Waals surface area (Å²) in [6, 6.07) is 6.05. The van der Waals surface area contributed by atoms with Crippen molar-refractivity contribution >= 4 is 11.7 Å². The van der Waals surface area contributed by atoms with Crippen molar-refractivity contribution in [2.45, 2.75) is 38.1 Å². The van der Waals surface area contributed by atoms with E-state index in [1.165, 1.54) is 25.7 Å². The Balaban J connectivity index is 1.82. The van der Waals surface area contributed by atoms with Crippen molar-refractivity contribution in [3.8, 4) is 0 Å². The van der Waals surface area contributed by atoms with Crippen LogP contribution in [0.4, 0.5) is 5.82 Å². The summed E-state index contributed by atoms with van der Waals surface area (Å²) in [7, 11) is 1.82. The van der Waals surface area contributed by atoms with E-state index in [2.05, 4.69) is 15.2 Å². The minimum atomic E-state index is 0.105. The summed E-state index contributed by atoms with van der Waals surface area (Å²) in [6.07, 6.45) is 6.15. The van der Waals surface area contributed by atoms with Crippen molar-refractivity contribution in [3.05, 3.63) is 23.9 Å². The SMILES string of the molecule is CNc1cccc(C(=O)N2CCCC3CCCC32)n1. The lowest BCUT2D eigenvalue weighted by Gasteiger charge is -2.37. The second-order valence-corrected chi connectivity index (χ2v) is 5.56. The summed E-state index contributed by atoms with van der Waals surface area (Å²) in [5, 5.41) is 2.99. The molecule has 4 nitrogen and oxygen atoms in total. The van der Waals surface area contributed by atoms with Crippen LogP contribution in [0.25, 0.3) is 0 Å². The smallest absolute Gasteiger partial charge is 0.272 e. The zero-order chi connectivity index (χ0) is 13.2. The number of amides is 1. The molecule has 3 rings (SSSR count). The summed E-state index contributed by atoms with van der Waals surface area (Å²) >= 11 is 0. The van der Waals surface area contributed by atoms with Gasteiger partial charge in [-0.25, -0.2) is 4.98 Å². The van der Waals surface area contributed by atoms with E-state index in [4.69, 9.17) is 0 Å². The Morgan fingerprint density at radius 1 is 1.32 bits per heavy atom. The average molecular weight is 259 g/mol. The van der Waals surface area contributed by atoms with Crippen LogP contribution in [0.5, 0.6) is 0 Å². The highest BCUT2D eigenvalue weighted by Gasteiger charge is 2.37. The van der Waals surface area contributed by atoms with Crippen molar-refractivity contribution in [1.82, 2.24) is 9.88 Å². The quantitative estimate of drug-likeness (QED) is 0.887. The monoisotopic (exact) mass is 259 g/mol. The lowest BCUT2D eigenvalue weighted by atomic mass is 9.91. The van der Waals surface area contributed by atoms with E-state index in [-0.39, 0.29) is 5.91 Å². The Morgan fingerprint density at radius 3 is 3.00 bits per heavy atom. The minimum absolute atomic E-state index is 0.105. The number of pyridine rings is 1. The Kier molecular flexibility index (Phi) is 3.40. The highest BCUT2D eigenvalue weighted by atomic mass is 16.2. The first-order chi connectivity index (χ1) is 9.29. The molecule has 2 atom stereocenters. The molecule has 1 aliphatic heterocycles. The van der Waals surface area contributed by atoms with E-state index < -0.39 is 0 Å². The third kappa shape index (κ3) is 2.31. The van der Waals surface area contributed by atoms with Gasteiger partial charge in [-0.05, 0) is 43.7 Å². The number of piperidine rings is 1. The fourth-order valence-electron chi connectivity index (χ4n) is 3.55. The van der Waals surface area contributed by atoms with Crippen molar-refractivity contribution < 1.29 is 4.79 Å². The van der Waals surface area contributed by atoms with Crippen LogP contribution in [-0.2, 0) is 0 Å². The molecule has 1 amide bonds. The molecule has 0 aromatic carbocycles. The molecule has 0 spiro atoms. The molecule has 19 heavy (non-hydrogen) atoms. The summed E-state index contributed by atoms with van der Waals surface area (Å²) in [4.78, 5) is 19.1. The van der Waals surface area contributed by atoms with Crippen LogP contribution >= 0.6 is 0 Å². The van der Waals surface area contributed by atoms with Gasteiger partial charge in [0.05, 0.1) is 0 Å². The maximum atomic E-state index is 12.6. The molecule has 1 N–H and O–H groups in total. The number of carbonyl (C=O) groups excluding carboxylic acids is 1. The molecule has 1 aromatic rings. The summed E-state index contributed by atoms with van der Waals surface area (Å²) in [5.74, 6) is 1.59. The van der Waals surface area contributed by atoms with Crippen LogP contribution in [0.1, 0.15) is 42.6 Å². The first-order valence-electron chi connectivity index (χ1n) is 7.25. The Morgan fingerprint density at radius 2 is 2.16 bits per heavy atom. The van der Waals surface area contributed by atoms with Crippen LogP contribution in [-0.4, -0.2) is 35.4 Å². The van der Waals surface area contributed by atoms with Gasteiger partial charge in [-0.15, -0.1) is 0 Å². The number of rotatable bonds is 2. The molecular weight excluding hydrogens is 238 g/mol. The number of hydrogen-bond acceptors (Lipinski definition) is 3. The van der Waals surface area contributed by atoms with Gasteiger partial charge in [-0.3, -0.25) is 4.79 Å². The van der Waals surface area contributed by atoms with Crippen molar-refractivity contribution in [1.29, 1.82) is 0 Å². The highest BCUT2D eigenvalue weighted by molar-refractivity contribution is 5.93.